The Bertz CT molecular complexity index is 952. The summed E-state index contributed by atoms with van der Waals surface area (Å²) in [4.78, 5) is 20.4. The number of benzene rings is 2. The van der Waals surface area contributed by atoms with Crippen LogP contribution in [0.2, 0.25) is 0 Å². The second kappa shape index (κ2) is 11.8. The lowest BCUT2D eigenvalue weighted by molar-refractivity contribution is -0.128. The van der Waals surface area contributed by atoms with Crippen molar-refractivity contribution >= 4 is 35.8 Å². The van der Waals surface area contributed by atoms with E-state index in [-0.39, 0.29) is 47.9 Å². The highest BCUT2D eigenvalue weighted by Gasteiger charge is 2.28. The summed E-state index contributed by atoms with van der Waals surface area (Å²) in [5, 5.41) is 3.45. The molecule has 2 aliphatic heterocycles. The molecule has 0 aliphatic carbocycles. The van der Waals surface area contributed by atoms with Gasteiger partial charge in [-0.15, -0.1) is 24.0 Å². The number of morpholine rings is 1. The van der Waals surface area contributed by atoms with E-state index in [1.165, 1.54) is 12.1 Å². The van der Waals surface area contributed by atoms with Crippen molar-refractivity contribution in [3.8, 4) is 0 Å². The fourth-order valence-electron chi connectivity index (χ4n) is 4.35. The first-order valence-electron chi connectivity index (χ1n) is 11.2. The van der Waals surface area contributed by atoms with Crippen LogP contribution in [-0.4, -0.2) is 54.5 Å². The Hall–Kier alpha value is -2.20. The highest BCUT2D eigenvalue weighted by atomic mass is 127. The van der Waals surface area contributed by atoms with Crippen LogP contribution >= 0.6 is 24.0 Å². The van der Waals surface area contributed by atoms with Crippen molar-refractivity contribution in [2.75, 3.05) is 26.7 Å². The lowest BCUT2D eigenvalue weighted by Crippen LogP contribution is -2.50. The van der Waals surface area contributed by atoms with Crippen LogP contribution in [0.5, 0.6) is 0 Å². The summed E-state index contributed by atoms with van der Waals surface area (Å²) in [5.74, 6) is 0.821. The molecule has 8 heteroatoms. The molecular weight excluding hydrogens is 534 g/mol. The van der Waals surface area contributed by atoms with Crippen LogP contribution in [0.3, 0.4) is 0 Å². The molecule has 2 aromatic carbocycles. The SMILES string of the molecule is CN=C(NCc1ccc(CN2CCCC2=O)cc1)N1CC(C)OC(c2ccc(F)cc2)C1.I. The van der Waals surface area contributed by atoms with E-state index >= 15 is 0 Å². The van der Waals surface area contributed by atoms with Gasteiger partial charge in [-0.2, -0.15) is 0 Å². The molecular formula is C25H32FIN4O2. The number of carbonyl (C=O) groups is 1. The van der Waals surface area contributed by atoms with E-state index in [4.69, 9.17) is 4.74 Å². The Morgan fingerprint density at radius 2 is 1.82 bits per heavy atom. The number of ether oxygens (including phenoxy) is 1. The normalized spacial score (nSPS) is 21.2. The van der Waals surface area contributed by atoms with Crippen LogP contribution < -0.4 is 5.32 Å². The molecule has 6 nitrogen and oxygen atoms in total. The third-order valence-corrected chi connectivity index (χ3v) is 6.03. The van der Waals surface area contributed by atoms with Crippen molar-refractivity contribution in [3.63, 3.8) is 0 Å². The predicted octanol–water partition coefficient (Wildman–Crippen LogP) is 4.10. The topological polar surface area (TPSA) is 57.2 Å². The Morgan fingerprint density at radius 3 is 2.45 bits per heavy atom. The zero-order valence-corrected chi connectivity index (χ0v) is 21.5. The van der Waals surface area contributed by atoms with E-state index in [0.717, 1.165) is 42.2 Å². The standard InChI is InChI=1S/C25H31FN4O2.HI/c1-18-15-30(17-23(32-18)21-9-11-22(26)12-10-21)25(27-2)28-14-19-5-7-20(8-6-19)16-29-13-3-4-24(29)31;/h5-12,18,23H,3-4,13-17H2,1-2H3,(H,27,28);1H. The number of halogens is 2. The van der Waals surface area contributed by atoms with E-state index in [2.05, 4.69) is 39.5 Å². The number of nitrogens with one attached hydrogen (secondary N) is 1. The molecule has 0 aromatic heterocycles. The van der Waals surface area contributed by atoms with Gasteiger partial charge in [0.2, 0.25) is 5.91 Å². The van der Waals surface area contributed by atoms with Crippen LogP contribution in [0, 0.1) is 5.82 Å². The zero-order valence-electron chi connectivity index (χ0n) is 19.2. The molecule has 2 atom stereocenters. The third-order valence-electron chi connectivity index (χ3n) is 6.03. The summed E-state index contributed by atoms with van der Waals surface area (Å²) in [5.41, 5.74) is 3.27. The Kier molecular flexibility index (Phi) is 9.08. The fourth-order valence-corrected chi connectivity index (χ4v) is 4.35. The number of nitrogens with zero attached hydrogens (tertiary/aromatic N) is 3. The van der Waals surface area contributed by atoms with Gasteiger partial charge in [-0.3, -0.25) is 9.79 Å². The van der Waals surface area contributed by atoms with Gasteiger partial charge in [-0.05, 0) is 42.2 Å². The quantitative estimate of drug-likeness (QED) is 0.337. The van der Waals surface area contributed by atoms with Crippen molar-refractivity contribution < 1.29 is 13.9 Å². The van der Waals surface area contributed by atoms with Crippen molar-refractivity contribution in [2.24, 2.45) is 4.99 Å². The molecule has 0 bridgehead atoms. The maximum absolute atomic E-state index is 13.3. The van der Waals surface area contributed by atoms with Gasteiger partial charge < -0.3 is 19.9 Å². The van der Waals surface area contributed by atoms with Gasteiger partial charge >= 0.3 is 0 Å². The second-order valence-corrected chi connectivity index (χ2v) is 8.53. The molecule has 0 spiro atoms. The first-order chi connectivity index (χ1) is 15.5. The number of likely N-dealkylation sites (tertiary alicyclic amines) is 1. The summed E-state index contributed by atoms with van der Waals surface area (Å²) >= 11 is 0. The van der Waals surface area contributed by atoms with E-state index in [1.807, 2.05) is 11.8 Å². The van der Waals surface area contributed by atoms with Crippen molar-refractivity contribution in [1.82, 2.24) is 15.1 Å². The van der Waals surface area contributed by atoms with Gasteiger partial charge in [0.25, 0.3) is 0 Å². The smallest absolute Gasteiger partial charge is 0.222 e. The molecule has 178 valence electrons. The first kappa shape index (κ1) is 25.4. The molecule has 1 amide bonds. The summed E-state index contributed by atoms with van der Waals surface area (Å²) in [6.07, 6.45) is 1.53. The predicted molar refractivity (Wildman–Crippen MR) is 138 cm³/mol. The van der Waals surface area contributed by atoms with Crippen LogP contribution in [0.4, 0.5) is 4.39 Å². The minimum atomic E-state index is -0.245. The van der Waals surface area contributed by atoms with Gasteiger partial charge in [0.05, 0.1) is 12.6 Å². The molecule has 2 saturated heterocycles. The molecule has 1 N–H and O–H groups in total. The number of hydrogen-bond acceptors (Lipinski definition) is 3. The van der Waals surface area contributed by atoms with Gasteiger partial charge in [0.1, 0.15) is 11.9 Å². The Labute approximate surface area is 212 Å². The highest BCUT2D eigenvalue weighted by molar-refractivity contribution is 14.0. The average Bonchev–Trinajstić information content (AvgIpc) is 3.19. The van der Waals surface area contributed by atoms with Crippen LogP contribution in [0.1, 0.15) is 42.6 Å². The minimum absolute atomic E-state index is 0. The number of amides is 1. The number of aliphatic imine (C=N–C) groups is 1. The molecule has 2 unspecified atom stereocenters. The van der Waals surface area contributed by atoms with Crippen molar-refractivity contribution in [1.29, 1.82) is 0 Å². The van der Waals surface area contributed by atoms with E-state index in [9.17, 15) is 9.18 Å². The number of guanidine groups is 1. The minimum Gasteiger partial charge on any atom is -0.367 e. The molecule has 4 rings (SSSR count). The van der Waals surface area contributed by atoms with Gasteiger partial charge in [0.15, 0.2) is 5.96 Å². The fraction of sp³-hybridized carbons (Fsp3) is 0.440. The average molecular weight is 566 g/mol. The van der Waals surface area contributed by atoms with Crippen LogP contribution in [0.25, 0.3) is 0 Å². The zero-order chi connectivity index (χ0) is 22.5. The van der Waals surface area contributed by atoms with Gasteiger partial charge in [0, 0.05) is 39.6 Å². The number of hydrogen-bond donors (Lipinski definition) is 1. The van der Waals surface area contributed by atoms with E-state index in [0.29, 0.717) is 26.1 Å². The molecule has 0 saturated carbocycles. The largest absolute Gasteiger partial charge is 0.367 e. The third kappa shape index (κ3) is 6.66. The Balaban J connectivity index is 0.00000306. The maximum Gasteiger partial charge on any atom is 0.222 e. The highest BCUT2D eigenvalue weighted by Crippen LogP contribution is 2.25. The lowest BCUT2D eigenvalue weighted by Gasteiger charge is -2.38. The van der Waals surface area contributed by atoms with Gasteiger partial charge in [-0.1, -0.05) is 36.4 Å². The summed E-state index contributed by atoms with van der Waals surface area (Å²) in [7, 11) is 1.78. The molecule has 2 fully saturated rings. The van der Waals surface area contributed by atoms with E-state index < -0.39 is 0 Å². The molecule has 33 heavy (non-hydrogen) atoms. The number of carbonyl (C=O) groups excluding carboxylic acids is 1. The molecule has 0 radical (unpaired) electrons. The number of rotatable bonds is 5. The summed E-state index contributed by atoms with van der Waals surface area (Å²) < 4.78 is 19.4. The maximum atomic E-state index is 13.3. The van der Waals surface area contributed by atoms with Crippen LogP contribution in [-0.2, 0) is 22.6 Å². The summed E-state index contributed by atoms with van der Waals surface area (Å²) in [6.45, 7) is 5.63. The Morgan fingerprint density at radius 1 is 1.12 bits per heavy atom. The monoisotopic (exact) mass is 566 g/mol. The van der Waals surface area contributed by atoms with Crippen molar-refractivity contribution in [2.45, 2.75) is 45.1 Å². The lowest BCUT2D eigenvalue weighted by atomic mass is 10.1. The molecule has 2 aliphatic rings. The second-order valence-electron chi connectivity index (χ2n) is 8.53. The van der Waals surface area contributed by atoms with Crippen LogP contribution in [0.15, 0.2) is 53.5 Å². The van der Waals surface area contributed by atoms with Crippen molar-refractivity contribution in [3.05, 3.63) is 71.0 Å². The molecule has 2 aromatic rings. The van der Waals surface area contributed by atoms with E-state index in [1.54, 1.807) is 19.2 Å². The molecule has 2 heterocycles. The summed E-state index contributed by atoms with van der Waals surface area (Å²) in [6, 6.07) is 14.9. The van der Waals surface area contributed by atoms with Gasteiger partial charge in [-0.25, -0.2) is 4.39 Å². The first-order valence-corrected chi connectivity index (χ1v) is 11.2.